The molecule has 0 spiro atoms. The van der Waals surface area contributed by atoms with E-state index in [0.29, 0.717) is 0 Å². The molecule has 23 heavy (non-hydrogen) atoms. The molecule has 3 atom stereocenters. The summed E-state index contributed by atoms with van der Waals surface area (Å²) in [5.74, 6) is 0. The normalized spacial score (nSPS) is 30.4. The summed E-state index contributed by atoms with van der Waals surface area (Å²) in [5.41, 5.74) is 1.03. The van der Waals surface area contributed by atoms with Gasteiger partial charge in [0.05, 0.1) is 6.61 Å². The summed E-state index contributed by atoms with van der Waals surface area (Å²) >= 11 is 0. The second kappa shape index (κ2) is 6.79. The molecular weight excluding hydrogens is 290 g/mol. The third-order valence-electron chi connectivity index (χ3n) is 5.39. The van der Waals surface area contributed by atoms with Gasteiger partial charge in [0.2, 0.25) is 0 Å². The van der Waals surface area contributed by atoms with E-state index in [1.54, 1.807) is 0 Å². The molecule has 126 valence electrons. The first-order chi connectivity index (χ1) is 11.1. The number of aliphatic hydroxyl groups is 1. The first-order valence-corrected chi connectivity index (χ1v) is 8.58. The van der Waals surface area contributed by atoms with Crippen LogP contribution in [0.1, 0.15) is 32.6 Å². The molecule has 2 amide bonds. The van der Waals surface area contributed by atoms with Crippen molar-refractivity contribution in [3.8, 4) is 0 Å². The Hall–Kier alpha value is -1.75. The third kappa shape index (κ3) is 3.61. The zero-order chi connectivity index (χ0) is 16.3. The number of carbonyl (C=O) groups excluding carboxylic acids is 1. The van der Waals surface area contributed by atoms with E-state index in [1.807, 2.05) is 18.2 Å². The lowest BCUT2D eigenvalue weighted by atomic mass is 9.86. The zero-order valence-corrected chi connectivity index (χ0v) is 13.8. The minimum atomic E-state index is -0.177. The molecule has 0 radical (unpaired) electrons. The van der Waals surface area contributed by atoms with Crippen molar-refractivity contribution < 1.29 is 9.90 Å². The van der Waals surface area contributed by atoms with Gasteiger partial charge in [0.1, 0.15) is 0 Å². The highest BCUT2D eigenvalue weighted by Gasteiger charge is 2.39. The Morgan fingerprint density at radius 1 is 1.30 bits per heavy atom. The van der Waals surface area contributed by atoms with E-state index in [1.165, 1.54) is 5.69 Å². The summed E-state index contributed by atoms with van der Waals surface area (Å²) in [6, 6.07) is 10.5. The minimum absolute atomic E-state index is 0.0686. The monoisotopic (exact) mass is 317 g/mol. The second-order valence-electron chi connectivity index (χ2n) is 7.14. The molecule has 3 N–H and O–H groups in total. The first-order valence-electron chi connectivity index (χ1n) is 8.58. The van der Waals surface area contributed by atoms with Crippen LogP contribution in [0.4, 0.5) is 10.5 Å². The van der Waals surface area contributed by atoms with E-state index >= 15 is 0 Å². The molecule has 5 heteroatoms. The number of nitrogens with one attached hydrogen (secondary N) is 2. The summed E-state index contributed by atoms with van der Waals surface area (Å²) in [5, 5.41) is 15.7. The number of hydrogen-bond acceptors (Lipinski definition) is 3. The third-order valence-corrected chi connectivity index (χ3v) is 5.39. The smallest absolute Gasteiger partial charge is 0.315 e. The highest BCUT2D eigenvalue weighted by atomic mass is 16.3. The largest absolute Gasteiger partial charge is 0.396 e. The maximum absolute atomic E-state index is 12.3. The zero-order valence-electron chi connectivity index (χ0n) is 13.8. The Morgan fingerprint density at radius 2 is 2.09 bits per heavy atom. The number of nitrogens with zero attached hydrogens (tertiary/aromatic N) is 1. The molecule has 1 saturated carbocycles. The van der Waals surface area contributed by atoms with Crippen LogP contribution in [0.15, 0.2) is 30.3 Å². The first kappa shape index (κ1) is 16.1. The molecule has 1 aliphatic heterocycles. The number of benzene rings is 1. The highest BCUT2D eigenvalue weighted by Crippen LogP contribution is 2.37. The lowest BCUT2D eigenvalue weighted by Gasteiger charge is -2.30. The van der Waals surface area contributed by atoms with Gasteiger partial charge in [0.25, 0.3) is 0 Å². The van der Waals surface area contributed by atoms with E-state index in [9.17, 15) is 9.90 Å². The molecule has 1 aromatic rings. The van der Waals surface area contributed by atoms with Gasteiger partial charge < -0.3 is 20.6 Å². The fourth-order valence-electron chi connectivity index (χ4n) is 3.81. The Balaban J connectivity index is 1.50. The van der Waals surface area contributed by atoms with E-state index in [4.69, 9.17) is 0 Å². The van der Waals surface area contributed by atoms with Gasteiger partial charge in [0, 0.05) is 36.3 Å². The van der Waals surface area contributed by atoms with Gasteiger partial charge in [-0.1, -0.05) is 31.5 Å². The second-order valence-corrected chi connectivity index (χ2v) is 7.14. The van der Waals surface area contributed by atoms with Crippen molar-refractivity contribution in [2.45, 2.75) is 44.7 Å². The summed E-state index contributed by atoms with van der Waals surface area (Å²) in [6.07, 6.45) is 3.95. The number of anilines is 1. The number of hydrogen-bond donors (Lipinski definition) is 3. The minimum Gasteiger partial charge on any atom is -0.396 e. The van der Waals surface area contributed by atoms with Crippen LogP contribution in [0, 0.1) is 5.41 Å². The molecule has 0 aromatic heterocycles. The topological polar surface area (TPSA) is 64.6 Å². The van der Waals surface area contributed by atoms with Gasteiger partial charge in [-0.25, -0.2) is 4.79 Å². The van der Waals surface area contributed by atoms with Gasteiger partial charge in [-0.2, -0.15) is 0 Å². The molecule has 1 aliphatic carbocycles. The molecule has 3 rings (SSSR count). The Kier molecular flexibility index (Phi) is 4.76. The number of para-hydroxylation sites is 1. The maximum atomic E-state index is 12.3. The van der Waals surface area contributed by atoms with Gasteiger partial charge in [-0.3, -0.25) is 0 Å². The maximum Gasteiger partial charge on any atom is 0.315 e. The predicted octanol–water partition coefficient (Wildman–Crippen LogP) is 2.12. The standard InChI is InChI=1S/C18H27N3O2/c1-18(13-22)10-5-8-16(18)20-17(23)19-14-9-11-21(12-14)15-6-3-2-4-7-15/h2-4,6-7,14,16,22H,5,8-13H2,1H3,(H2,19,20,23). The van der Waals surface area contributed by atoms with E-state index in [-0.39, 0.29) is 30.1 Å². The molecule has 0 bridgehead atoms. The highest BCUT2D eigenvalue weighted by molar-refractivity contribution is 5.75. The summed E-state index contributed by atoms with van der Waals surface area (Å²) in [7, 11) is 0. The molecule has 1 heterocycles. The van der Waals surface area contributed by atoms with Crippen LogP contribution < -0.4 is 15.5 Å². The molecule has 1 saturated heterocycles. The van der Waals surface area contributed by atoms with E-state index in [0.717, 1.165) is 38.8 Å². The number of urea groups is 1. The Morgan fingerprint density at radius 3 is 2.83 bits per heavy atom. The predicted molar refractivity (Wildman–Crippen MR) is 91.6 cm³/mol. The number of carbonyl (C=O) groups is 1. The van der Waals surface area contributed by atoms with Crippen LogP contribution in [0.5, 0.6) is 0 Å². The van der Waals surface area contributed by atoms with Crippen molar-refractivity contribution in [3.63, 3.8) is 0 Å². The Bertz CT molecular complexity index is 536. The van der Waals surface area contributed by atoms with Gasteiger partial charge in [-0.05, 0) is 31.4 Å². The van der Waals surface area contributed by atoms with Crippen LogP contribution in [0.3, 0.4) is 0 Å². The van der Waals surface area contributed by atoms with Crippen LogP contribution in [0.25, 0.3) is 0 Å². The molecule has 2 aliphatic rings. The summed E-state index contributed by atoms with van der Waals surface area (Å²) < 4.78 is 0. The molecule has 1 aromatic carbocycles. The lowest BCUT2D eigenvalue weighted by molar-refractivity contribution is 0.121. The van der Waals surface area contributed by atoms with E-state index < -0.39 is 0 Å². The molecule has 2 fully saturated rings. The van der Waals surface area contributed by atoms with Crippen LogP contribution >= 0.6 is 0 Å². The van der Waals surface area contributed by atoms with Crippen molar-refractivity contribution in [3.05, 3.63) is 30.3 Å². The van der Waals surface area contributed by atoms with Crippen LogP contribution in [-0.4, -0.2) is 42.9 Å². The van der Waals surface area contributed by atoms with Crippen molar-refractivity contribution in [2.75, 3.05) is 24.6 Å². The van der Waals surface area contributed by atoms with Gasteiger partial charge >= 0.3 is 6.03 Å². The fourth-order valence-corrected chi connectivity index (χ4v) is 3.81. The Labute approximate surface area is 138 Å². The van der Waals surface area contributed by atoms with Crippen LogP contribution in [0.2, 0.25) is 0 Å². The number of rotatable bonds is 4. The summed E-state index contributed by atoms with van der Waals surface area (Å²) in [6.45, 7) is 3.99. The lowest BCUT2D eigenvalue weighted by Crippen LogP contribution is -2.51. The quantitative estimate of drug-likeness (QED) is 0.797. The molecule has 3 unspecified atom stereocenters. The van der Waals surface area contributed by atoms with Gasteiger partial charge in [0.15, 0.2) is 0 Å². The van der Waals surface area contributed by atoms with Crippen molar-refractivity contribution >= 4 is 11.7 Å². The SMILES string of the molecule is CC1(CO)CCCC1NC(=O)NC1CCN(c2ccccc2)C1. The fraction of sp³-hybridized carbons (Fsp3) is 0.611. The number of amides is 2. The average Bonchev–Trinajstić information content (AvgIpc) is 3.16. The van der Waals surface area contributed by atoms with Gasteiger partial charge in [-0.15, -0.1) is 0 Å². The number of aliphatic hydroxyl groups excluding tert-OH is 1. The molecule has 5 nitrogen and oxygen atoms in total. The van der Waals surface area contributed by atoms with E-state index in [2.05, 4.69) is 34.6 Å². The average molecular weight is 317 g/mol. The summed E-state index contributed by atoms with van der Waals surface area (Å²) in [4.78, 5) is 14.6. The van der Waals surface area contributed by atoms with Crippen LogP contribution in [-0.2, 0) is 0 Å². The molecular formula is C18H27N3O2. The van der Waals surface area contributed by atoms with Crippen molar-refractivity contribution in [1.29, 1.82) is 0 Å². The van der Waals surface area contributed by atoms with Crippen molar-refractivity contribution in [2.24, 2.45) is 5.41 Å². The van der Waals surface area contributed by atoms with Crippen molar-refractivity contribution in [1.82, 2.24) is 10.6 Å².